The molecule has 0 bridgehead atoms. The van der Waals surface area contributed by atoms with Crippen molar-refractivity contribution in [3.8, 4) is 0 Å². The summed E-state index contributed by atoms with van der Waals surface area (Å²) in [6.45, 7) is 1.93. The first kappa shape index (κ1) is 12.5. The molecule has 0 radical (unpaired) electrons. The number of carbonyl (C=O) groups is 1. The van der Waals surface area contributed by atoms with Crippen LogP contribution in [0.3, 0.4) is 0 Å². The highest BCUT2D eigenvalue weighted by molar-refractivity contribution is 5.98. The molecular weight excluding hydrogens is 268 g/mol. The fraction of sp³-hybridized carbons (Fsp3) is 0.400. The monoisotopic (exact) mass is 284 g/mol. The molecule has 0 saturated carbocycles. The predicted octanol–water partition coefficient (Wildman–Crippen LogP) is 0.569. The standard InChI is InChI=1S/C15H16N4O2/c1-19-9-17-18-13(19)5-15(7-21-8-15)11-3-2-10-6-16-14(20)12(10)4-11/h2-4,9H,5-8H2,1H3,(H,16,20). The molecule has 0 spiro atoms. The second-order valence-electron chi connectivity index (χ2n) is 5.86. The maximum absolute atomic E-state index is 11.9. The Kier molecular flexibility index (Phi) is 2.62. The lowest BCUT2D eigenvalue weighted by Gasteiger charge is -2.41. The van der Waals surface area contributed by atoms with Crippen LogP contribution in [0.2, 0.25) is 0 Å². The number of benzene rings is 1. The van der Waals surface area contributed by atoms with Crippen molar-refractivity contribution in [2.24, 2.45) is 7.05 Å². The molecule has 1 saturated heterocycles. The molecule has 1 amide bonds. The molecule has 2 aliphatic rings. The Labute approximate surface area is 122 Å². The molecule has 4 rings (SSSR count). The quantitative estimate of drug-likeness (QED) is 0.894. The lowest BCUT2D eigenvalue weighted by Crippen LogP contribution is -2.49. The summed E-state index contributed by atoms with van der Waals surface area (Å²) in [5, 5.41) is 11.0. The predicted molar refractivity (Wildman–Crippen MR) is 74.8 cm³/mol. The van der Waals surface area contributed by atoms with Crippen LogP contribution in [0.15, 0.2) is 24.5 Å². The molecule has 2 aromatic rings. The molecule has 0 atom stereocenters. The van der Waals surface area contributed by atoms with Crippen LogP contribution in [0.4, 0.5) is 0 Å². The van der Waals surface area contributed by atoms with Gasteiger partial charge in [-0.15, -0.1) is 10.2 Å². The number of rotatable bonds is 3. The van der Waals surface area contributed by atoms with E-state index in [0.29, 0.717) is 19.8 Å². The SMILES string of the molecule is Cn1cnnc1CC1(c2ccc3c(c2)C(=O)NC3)COC1. The zero-order chi connectivity index (χ0) is 14.4. The summed E-state index contributed by atoms with van der Waals surface area (Å²) in [4.78, 5) is 11.9. The Morgan fingerprint density at radius 1 is 1.43 bits per heavy atom. The summed E-state index contributed by atoms with van der Waals surface area (Å²) in [6.07, 6.45) is 2.47. The van der Waals surface area contributed by atoms with Crippen molar-refractivity contribution in [3.05, 3.63) is 47.0 Å². The summed E-state index contributed by atoms with van der Waals surface area (Å²) in [5.74, 6) is 0.948. The number of hydrogen-bond donors (Lipinski definition) is 1. The van der Waals surface area contributed by atoms with Gasteiger partial charge in [-0.2, -0.15) is 0 Å². The lowest BCUT2D eigenvalue weighted by molar-refractivity contribution is -0.0611. The number of amides is 1. The van der Waals surface area contributed by atoms with Crippen LogP contribution < -0.4 is 5.32 Å². The van der Waals surface area contributed by atoms with Gasteiger partial charge >= 0.3 is 0 Å². The van der Waals surface area contributed by atoms with Gasteiger partial charge in [0, 0.05) is 31.0 Å². The van der Waals surface area contributed by atoms with Crippen LogP contribution in [0.25, 0.3) is 0 Å². The van der Waals surface area contributed by atoms with Crippen molar-refractivity contribution in [3.63, 3.8) is 0 Å². The largest absolute Gasteiger partial charge is 0.379 e. The number of fused-ring (bicyclic) bond motifs is 1. The zero-order valence-electron chi connectivity index (χ0n) is 11.8. The van der Waals surface area contributed by atoms with E-state index < -0.39 is 0 Å². The van der Waals surface area contributed by atoms with Gasteiger partial charge < -0.3 is 14.6 Å². The Morgan fingerprint density at radius 2 is 2.29 bits per heavy atom. The summed E-state index contributed by atoms with van der Waals surface area (Å²) < 4.78 is 7.40. The highest BCUT2D eigenvalue weighted by Crippen LogP contribution is 2.36. The van der Waals surface area contributed by atoms with E-state index in [1.54, 1.807) is 6.33 Å². The second kappa shape index (κ2) is 4.39. The minimum atomic E-state index is -0.0985. The topological polar surface area (TPSA) is 69.0 Å². The van der Waals surface area contributed by atoms with Crippen molar-refractivity contribution in [2.45, 2.75) is 18.4 Å². The van der Waals surface area contributed by atoms with Crippen LogP contribution in [-0.2, 0) is 30.2 Å². The van der Waals surface area contributed by atoms with Crippen molar-refractivity contribution in [1.82, 2.24) is 20.1 Å². The van der Waals surface area contributed by atoms with Gasteiger partial charge in [-0.05, 0) is 17.2 Å². The number of ether oxygens (including phenoxy) is 1. The summed E-state index contributed by atoms with van der Waals surface area (Å²) in [7, 11) is 1.94. The van der Waals surface area contributed by atoms with E-state index in [9.17, 15) is 4.79 Å². The van der Waals surface area contributed by atoms with E-state index in [0.717, 1.165) is 28.9 Å². The Balaban J connectivity index is 1.71. The molecule has 6 nitrogen and oxygen atoms in total. The number of carbonyl (C=O) groups excluding carboxylic acids is 1. The van der Waals surface area contributed by atoms with Crippen molar-refractivity contribution in [2.75, 3.05) is 13.2 Å². The van der Waals surface area contributed by atoms with Gasteiger partial charge in [0.05, 0.1) is 13.2 Å². The van der Waals surface area contributed by atoms with E-state index >= 15 is 0 Å². The molecule has 1 aromatic carbocycles. The summed E-state index contributed by atoms with van der Waals surface area (Å²) in [6, 6.07) is 6.16. The molecule has 21 heavy (non-hydrogen) atoms. The maximum Gasteiger partial charge on any atom is 0.251 e. The first-order chi connectivity index (χ1) is 10.2. The average Bonchev–Trinajstić information content (AvgIpc) is 3.01. The first-order valence-corrected chi connectivity index (χ1v) is 7.00. The van der Waals surface area contributed by atoms with Gasteiger partial charge in [0.1, 0.15) is 12.2 Å². The number of hydrogen-bond acceptors (Lipinski definition) is 4. The van der Waals surface area contributed by atoms with E-state index in [-0.39, 0.29) is 11.3 Å². The second-order valence-corrected chi connectivity index (χ2v) is 5.86. The van der Waals surface area contributed by atoms with Gasteiger partial charge in [0.2, 0.25) is 0 Å². The molecule has 0 unspecified atom stereocenters. The molecule has 0 aliphatic carbocycles. The highest BCUT2D eigenvalue weighted by atomic mass is 16.5. The highest BCUT2D eigenvalue weighted by Gasteiger charge is 2.42. The van der Waals surface area contributed by atoms with E-state index in [1.165, 1.54) is 0 Å². The number of aryl methyl sites for hydroxylation is 1. The fourth-order valence-electron chi connectivity index (χ4n) is 3.03. The van der Waals surface area contributed by atoms with E-state index in [2.05, 4.69) is 21.6 Å². The first-order valence-electron chi connectivity index (χ1n) is 7.00. The van der Waals surface area contributed by atoms with Crippen LogP contribution in [0.5, 0.6) is 0 Å². The Bertz CT molecular complexity index is 718. The van der Waals surface area contributed by atoms with E-state index in [4.69, 9.17) is 4.74 Å². The lowest BCUT2D eigenvalue weighted by atomic mass is 9.75. The molecular formula is C15H16N4O2. The third kappa shape index (κ3) is 1.86. The zero-order valence-corrected chi connectivity index (χ0v) is 11.8. The van der Waals surface area contributed by atoms with Crippen LogP contribution in [0.1, 0.15) is 27.3 Å². The van der Waals surface area contributed by atoms with Gasteiger partial charge in [-0.1, -0.05) is 12.1 Å². The molecule has 1 N–H and O–H groups in total. The normalized spacial score (nSPS) is 19.0. The van der Waals surface area contributed by atoms with Crippen LogP contribution in [0, 0.1) is 0 Å². The summed E-state index contributed by atoms with van der Waals surface area (Å²) >= 11 is 0. The minimum Gasteiger partial charge on any atom is -0.379 e. The molecule has 1 aromatic heterocycles. The minimum absolute atomic E-state index is 0.0147. The number of nitrogens with zero attached hydrogens (tertiary/aromatic N) is 3. The molecule has 108 valence electrons. The summed E-state index contributed by atoms with van der Waals surface area (Å²) in [5.41, 5.74) is 2.90. The van der Waals surface area contributed by atoms with Crippen molar-refractivity contribution >= 4 is 5.91 Å². The molecule has 1 fully saturated rings. The number of aromatic nitrogens is 3. The van der Waals surface area contributed by atoms with Gasteiger partial charge in [0.15, 0.2) is 0 Å². The van der Waals surface area contributed by atoms with Crippen molar-refractivity contribution in [1.29, 1.82) is 0 Å². The van der Waals surface area contributed by atoms with Gasteiger partial charge in [-0.3, -0.25) is 4.79 Å². The van der Waals surface area contributed by atoms with Crippen molar-refractivity contribution < 1.29 is 9.53 Å². The van der Waals surface area contributed by atoms with Gasteiger partial charge in [-0.25, -0.2) is 0 Å². The molecule has 2 aliphatic heterocycles. The smallest absolute Gasteiger partial charge is 0.251 e. The van der Waals surface area contributed by atoms with E-state index in [1.807, 2.05) is 23.7 Å². The molecule has 3 heterocycles. The fourth-order valence-corrected chi connectivity index (χ4v) is 3.03. The maximum atomic E-state index is 11.9. The average molecular weight is 284 g/mol. The Hall–Kier alpha value is -2.21. The Morgan fingerprint density at radius 3 is 2.95 bits per heavy atom. The number of nitrogens with one attached hydrogen (secondary N) is 1. The van der Waals surface area contributed by atoms with Crippen LogP contribution in [-0.4, -0.2) is 33.9 Å². The third-order valence-corrected chi connectivity index (χ3v) is 4.46. The third-order valence-electron chi connectivity index (χ3n) is 4.46. The van der Waals surface area contributed by atoms with Crippen LogP contribution >= 0.6 is 0 Å². The molecule has 6 heteroatoms. The van der Waals surface area contributed by atoms with Gasteiger partial charge in [0.25, 0.3) is 5.91 Å².